The molecule has 0 radical (unpaired) electrons. The summed E-state index contributed by atoms with van der Waals surface area (Å²) in [6.07, 6.45) is 2.28. The van der Waals surface area contributed by atoms with Gasteiger partial charge in [0.2, 0.25) is 5.96 Å². The second-order valence-electron chi connectivity index (χ2n) is 6.11. The Hall–Kier alpha value is -3.49. The van der Waals surface area contributed by atoms with Crippen LogP contribution in [-0.2, 0) is 4.79 Å². The second kappa shape index (κ2) is 7.02. The van der Waals surface area contributed by atoms with Gasteiger partial charge < -0.3 is 10.1 Å². The molecule has 3 aromatic rings. The number of rotatable bonds is 4. The number of fused-ring (bicyclic) bond motifs is 1. The first-order valence-electron chi connectivity index (χ1n) is 8.34. The van der Waals surface area contributed by atoms with Gasteiger partial charge in [-0.25, -0.2) is 15.0 Å². The highest BCUT2D eigenvalue weighted by molar-refractivity contribution is 6.13. The molecule has 1 aliphatic heterocycles. The number of aliphatic hydroxyl groups is 1. The third kappa shape index (κ3) is 3.57. The highest BCUT2D eigenvalue weighted by Crippen LogP contribution is 2.18. The number of aromatic amines is 1. The second-order valence-corrected chi connectivity index (χ2v) is 6.11. The Bertz CT molecular complexity index is 1040. The molecule has 136 valence electrons. The van der Waals surface area contributed by atoms with E-state index in [0.717, 1.165) is 21.7 Å². The molecule has 8 nitrogen and oxygen atoms in total. The standard InChI is InChI=1S/C19H17N5O3/c25-17(13-4-2-1-3-5-13)10-24(27)19-22-16(18(26)23-19)9-12-6-7-14-15(8-12)21-11-20-14/h1-9,11,17,25,27H,10H2,(H,20,21)(H,22,23,26)/b16-9-/t17-/m1/s1. The maximum absolute atomic E-state index is 12.1. The SMILES string of the molecule is O=C1NC(N(O)C[C@@H](O)c2ccccc2)=N/C1=C\c1ccc2[nH]cnc2c1. The Morgan fingerprint density at radius 1 is 1.19 bits per heavy atom. The zero-order valence-electron chi connectivity index (χ0n) is 14.2. The summed E-state index contributed by atoms with van der Waals surface area (Å²) in [6.45, 7) is -0.129. The van der Waals surface area contributed by atoms with Gasteiger partial charge in [-0.05, 0) is 29.3 Å². The van der Waals surface area contributed by atoms with Gasteiger partial charge in [0.15, 0.2) is 0 Å². The van der Waals surface area contributed by atoms with Crippen molar-refractivity contribution in [1.29, 1.82) is 0 Å². The van der Waals surface area contributed by atoms with Crippen molar-refractivity contribution in [2.75, 3.05) is 6.54 Å². The van der Waals surface area contributed by atoms with Gasteiger partial charge in [-0.15, -0.1) is 0 Å². The fraction of sp³-hybridized carbons (Fsp3) is 0.105. The van der Waals surface area contributed by atoms with E-state index in [0.29, 0.717) is 5.56 Å². The molecule has 0 fully saturated rings. The van der Waals surface area contributed by atoms with Gasteiger partial charge in [0.1, 0.15) is 5.70 Å². The van der Waals surface area contributed by atoms with Gasteiger partial charge in [0, 0.05) is 0 Å². The monoisotopic (exact) mass is 363 g/mol. The van der Waals surface area contributed by atoms with E-state index in [1.807, 2.05) is 24.3 Å². The number of carbonyl (C=O) groups is 1. The minimum atomic E-state index is -0.925. The van der Waals surface area contributed by atoms with E-state index in [1.165, 1.54) is 0 Å². The molecule has 1 aliphatic rings. The van der Waals surface area contributed by atoms with E-state index in [4.69, 9.17) is 0 Å². The fourth-order valence-corrected chi connectivity index (χ4v) is 2.81. The van der Waals surface area contributed by atoms with Crippen molar-refractivity contribution in [1.82, 2.24) is 20.3 Å². The summed E-state index contributed by atoms with van der Waals surface area (Å²) < 4.78 is 0. The zero-order chi connectivity index (χ0) is 18.8. The number of hydrogen-bond donors (Lipinski definition) is 4. The molecule has 0 unspecified atom stereocenters. The first-order valence-corrected chi connectivity index (χ1v) is 8.34. The van der Waals surface area contributed by atoms with Gasteiger partial charge in [0.25, 0.3) is 5.91 Å². The van der Waals surface area contributed by atoms with E-state index < -0.39 is 12.0 Å². The molecule has 0 spiro atoms. The van der Waals surface area contributed by atoms with E-state index in [9.17, 15) is 15.1 Å². The van der Waals surface area contributed by atoms with Crippen LogP contribution in [-0.4, -0.2) is 43.8 Å². The van der Waals surface area contributed by atoms with Crippen LogP contribution in [0.3, 0.4) is 0 Å². The van der Waals surface area contributed by atoms with Crippen molar-refractivity contribution < 1.29 is 15.1 Å². The number of H-pyrrole nitrogens is 1. The van der Waals surface area contributed by atoms with Crippen LogP contribution >= 0.6 is 0 Å². The summed E-state index contributed by atoms with van der Waals surface area (Å²) in [4.78, 5) is 23.5. The van der Waals surface area contributed by atoms with Crippen LogP contribution in [0.4, 0.5) is 0 Å². The number of aliphatic imine (C=N–C) groups is 1. The topological polar surface area (TPSA) is 114 Å². The lowest BCUT2D eigenvalue weighted by molar-refractivity contribution is -0.116. The molecule has 1 aromatic heterocycles. The molecule has 4 rings (SSSR count). The van der Waals surface area contributed by atoms with Crippen LogP contribution in [0.5, 0.6) is 0 Å². The first-order chi connectivity index (χ1) is 13.1. The smallest absolute Gasteiger partial charge is 0.276 e. The summed E-state index contributed by atoms with van der Waals surface area (Å²) in [6, 6.07) is 14.5. The van der Waals surface area contributed by atoms with Crippen LogP contribution in [0, 0.1) is 0 Å². The Morgan fingerprint density at radius 2 is 2.00 bits per heavy atom. The van der Waals surface area contributed by atoms with Crippen LogP contribution in [0.2, 0.25) is 0 Å². The summed E-state index contributed by atoms with van der Waals surface area (Å²) in [5.74, 6) is -0.456. The molecule has 1 amide bonds. The predicted molar refractivity (Wildman–Crippen MR) is 99.5 cm³/mol. The molecule has 0 aliphatic carbocycles. The largest absolute Gasteiger partial charge is 0.386 e. The number of carbonyl (C=O) groups excluding carboxylic acids is 1. The number of aromatic nitrogens is 2. The van der Waals surface area contributed by atoms with Crippen molar-refractivity contribution in [2.45, 2.75) is 6.10 Å². The molecule has 0 saturated heterocycles. The molecule has 8 heteroatoms. The zero-order valence-corrected chi connectivity index (χ0v) is 14.2. The minimum Gasteiger partial charge on any atom is -0.386 e. The maximum Gasteiger partial charge on any atom is 0.276 e. The van der Waals surface area contributed by atoms with Crippen molar-refractivity contribution in [3.63, 3.8) is 0 Å². The number of benzene rings is 2. The van der Waals surface area contributed by atoms with E-state index in [-0.39, 0.29) is 18.2 Å². The average molecular weight is 363 g/mol. The molecule has 2 heterocycles. The summed E-state index contributed by atoms with van der Waals surface area (Å²) in [5, 5.41) is 23.6. The van der Waals surface area contributed by atoms with Crippen molar-refractivity contribution >= 4 is 29.0 Å². The Morgan fingerprint density at radius 3 is 2.81 bits per heavy atom. The predicted octanol–water partition coefficient (Wildman–Crippen LogP) is 1.81. The molecule has 27 heavy (non-hydrogen) atoms. The van der Waals surface area contributed by atoms with E-state index >= 15 is 0 Å². The quantitative estimate of drug-likeness (QED) is 0.417. The summed E-state index contributed by atoms with van der Waals surface area (Å²) >= 11 is 0. The minimum absolute atomic E-state index is 0.0259. The van der Waals surface area contributed by atoms with Crippen LogP contribution in [0.1, 0.15) is 17.2 Å². The van der Waals surface area contributed by atoms with Crippen LogP contribution < -0.4 is 5.32 Å². The first kappa shape index (κ1) is 17.0. The van der Waals surface area contributed by atoms with Gasteiger partial charge in [-0.1, -0.05) is 36.4 Å². The third-order valence-corrected chi connectivity index (χ3v) is 4.21. The average Bonchev–Trinajstić information content (AvgIpc) is 3.29. The number of amides is 1. The van der Waals surface area contributed by atoms with Gasteiger partial charge in [-0.3, -0.25) is 15.3 Å². The van der Waals surface area contributed by atoms with Crippen molar-refractivity contribution in [3.8, 4) is 0 Å². The van der Waals surface area contributed by atoms with Gasteiger partial charge in [-0.2, -0.15) is 0 Å². The fourth-order valence-electron chi connectivity index (χ4n) is 2.81. The molecular formula is C19H17N5O3. The van der Waals surface area contributed by atoms with E-state index in [1.54, 1.807) is 36.7 Å². The van der Waals surface area contributed by atoms with Crippen LogP contribution in [0.15, 0.2) is 65.5 Å². The third-order valence-electron chi connectivity index (χ3n) is 4.21. The Kier molecular flexibility index (Phi) is 4.41. The molecule has 0 saturated carbocycles. The number of hydroxylamine groups is 2. The highest BCUT2D eigenvalue weighted by Gasteiger charge is 2.25. The van der Waals surface area contributed by atoms with Crippen molar-refractivity contribution in [2.24, 2.45) is 4.99 Å². The Balaban J connectivity index is 1.51. The number of imidazole rings is 1. The number of aliphatic hydroxyl groups excluding tert-OH is 1. The highest BCUT2D eigenvalue weighted by atomic mass is 16.5. The van der Waals surface area contributed by atoms with Gasteiger partial charge >= 0.3 is 0 Å². The number of nitrogens with zero attached hydrogens (tertiary/aromatic N) is 3. The molecule has 2 aromatic carbocycles. The lowest BCUT2D eigenvalue weighted by Gasteiger charge is -2.19. The number of guanidine groups is 1. The Labute approximate surface area is 154 Å². The maximum atomic E-state index is 12.1. The number of nitrogens with one attached hydrogen (secondary N) is 2. The normalized spacial score (nSPS) is 16.4. The molecule has 4 N–H and O–H groups in total. The molecular weight excluding hydrogens is 346 g/mol. The summed E-state index contributed by atoms with van der Waals surface area (Å²) in [5.41, 5.74) is 3.26. The van der Waals surface area contributed by atoms with Crippen molar-refractivity contribution in [3.05, 3.63) is 71.7 Å². The lowest BCUT2D eigenvalue weighted by atomic mass is 10.1. The lowest BCUT2D eigenvalue weighted by Crippen LogP contribution is -2.40. The summed E-state index contributed by atoms with van der Waals surface area (Å²) in [7, 11) is 0. The number of hydrogen-bond acceptors (Lipinski definition) is 6. The molecule has 0 bridgehead atoms. The van der Waals surface area contributed by atoms with E-state index in [2.05, 4.69) is 20.3 Å². The van der Waals surface area contributed by atoms with Crippen LogP contribution in [0.25, 0.3) is 17.1 Å². The van der Waals surface area contributed by atoms with Gasteiger partial charge in [0.05, 0.1) is 30.0 Å². The molecule has 1 atom stereocenters.